The highest BCUT2D eigenvalue weighted by atomic mass is 16.1. The molecule has 1 amide bonds. The number of fused-ring (bicyclic) bond motifs is 2. The topological polar surface area (TPSA) is 29.1 Å². The fourth-order valence-corrected chi connectivity index (χ4v) is 3.14. The van der Waals surface area contributed by atoms with Gasteiger partial charge in [-0.05, 0) is 44.4 Å². The zero-order chi connectivity index (χ0) is 10.7. The molecule has 0 aromatic heterocycles. The molecule has 0 aromatic rings. The standard InChI is InChI=1S/C13H21NO/c1-2-3-4-7-14-13(15)12-9-10-5-6-11(12)8-10/h2-3,10-12H,4-9H2,1H3,(H,14,15)/b3-2+. The van der Waals surface area contributed by atoms with Gasteiger partial charge in [-0.2, -0.15) is 0 Å². The Morgan fingerprint density at radius 2 is 2.27 bits per heavy atom. The van der Waals surface area contributed by atoms with Gasteiger partial charge < -0.3 is 5.32 Å². The lowest BCUT2D eigenvalue weighted by atomic mass is 9.88. The molecule has 0 radical (unpaired) electrons. The third-order valence-electron chi connectivity index (χ3n) is 3.92. The fourth-order valence-electron chi connectivity index (χ4n) is 3.14. The van der Waals surface area contributed by atoms with Gasteiger partial charge in [0.05, 0.1) is 0 Å². The highest BCUT2D eigenvalue weighted by Crippen LogP contribution is 2.48. The maximum Gasteiger partial charge on any atom is 0.223 e. The first-order chi connectivity index (χ1) is 7.31. The van der Waals surface area contributed by atoms with Crippen LogP contribution >= 0.6 is 0 Å². The SMILES string of the molecule is C/C=C/CCNC(=O)C1CC2CCC1C2. The number of hydrogen-bond donors (Lipinski definition) is 1. The predicted molar refractivity (Wildman–Crippen MR) is 61.4 cm³/mol. The predicted octanol–water partition coefficient (Wildman–Crippen LogP) is 2.51. The Hall–Kier alpha value is -0.790. The van der Waals surface area contributed by atoms with Crippen LogP contribution in [0.15, 0.2) is 12.2 Å². The van der Waals surface area contributed by atoms with Gasteiger partial charge in [-0.1, -0.05) is 18.6 Å². The van der Waals surface area contributed by atoms with E-state index < -0.39 is 0 Å². The van der Waals surface area contributed by atoms with Crippen LogP contribution in [-0.2, 0) is 4.79 Å². The van der Waals surface area contributed by atoms with E-state index in [0.29, 0.717) is 17.7 Å². The number of hydrogen-bond acceptors (Lipinski definition) is 1. The quantitative estimate of drug-likeness (QED) is 0.557. The molecule has 2 saturated carbocycles. The number of carbonyl (C=O) groups excluding carboxylic acids is 1. The number of allylic oxidation sites excluding steroid dienone is 1. The van der Waals surface area contributed by atoms with Gasteiger partial charge in [-0.25, -0.2) is 0 Å². The lowest BCUT2D eigenvalue weighted by molar-refractivity contribution is -0.126. The van der Waals surface area contributed by atoms with Crippen molar-refractivity contribution in [2.24, 2.45) is 17.8 Å². The van der Waals surface area contributed by atoms with Crippen molar-refractivity contribution in [2.75, 3.05) is 6.54 Å². The summed E-state index contributed by atoms with van der Waals surface area (Å²) in [6.07, 6.45) is 10.2. The molecule has 2 rings (SSSR count). The Morgan fingerprint density at radius 3 is 2.87 bits per heavy atom. The smallest absolute Gasteiger partial charge is 0.223 e. The van der Waals surface area contributed by atoms with E-state index in [4.69, 9.17) is 0 Å². The normalized spacial score (nSPS) is 33.8. The Bertz CT molecular complexity index is 259. The summed E-state index contributed by atoms with van der Waals surface area (Å²) >= 11 is 0. The van der Waals surface area contributed by atoms with Crippen LogP contribution < -0.4 is 5.32 Å². The molecule has 2 aliphatic rings. The van der Waals surface area contributed by atoms with Gasteiger partial charge in [0.15, 0.2) is 0 Å². The molecule has 2 bridgehead atoms. The van der Waals surface area contributed by atoms with Gasteiger partial charge in [0.2, 0.25) is 5.91 Å². The average molecular weight is 207 g/mol. The van der Waals surface area contributed by atoms with Crippen LogP contribution in [0.5, 0.6) is 0 Å². The summed E-state index contributed by atoms with van der Waals surface area (Å²) < 4.78 is 0. The lowest BCUT2D eigenvalue weighted by Gasteiger charge is -2.20. The molecule has 0 aromatic carbocycles. The van der Waals surface area contributed by atoms with Crippen LogP contribution in [0.1, 0.15) is 39.0 Å². The van der Waals surface area contributed by atoms with Crippen molar-refractivity contribution < 1.29 is 4.79 Å². The molecular weight excluding hydrogens is 186 g/mol. The molecule has 0 aliphatic heterocycles. The molecule has 2 heteroatoms. The Balaban J connectivity index is 1.72. The second-order valence-electron chi connectivity index (χ2n) is 4.93. The first kappa shape index (κ1) is 10.7. The Morgan fingerprint density at radius 1 is 1.40 bits per heavy atom. The highest BCUT2D eigenvalue weighted by molar-refractivity contribution is 5.79. The molecule has 0 saturated heterocycles. The first-order valence-corrected chi connectivity index (χ1v) is 6.20. The van der Waals surface area contributed by atoms with Gasteiger partial charge >= 0.3 is 0 Å². The molecule has 2 aliphatic carbocycles. The largest absolute Gasteiger partial charge is 0.356 e. The van der Waals surface area contributed by atoms with E-state index in [9.17, 15) is 4.79 Å². The maximum atomic E-state index is 11.9. The first-order valence-electron chi connectivity index (χ1n) is 6.20. The minimum atomic E-state index is 0.312. The van der Waals surface area contributed by atoms with Gasteiger partial charge in [0.1, 0.15) is 0 Å². The summed E-state index contributed by atoms with van der Waals surface area (Å²) in [6.45, 7) is 2.81. The van der Waals surface area contributed by atoms with E-state index in [2.05, 4.69) is 11.4 Å². The second-order valence-corrected chi connectivity index (χ2v) is 4.93. The molecule has 2 fully saturated rings. The van der Waals surface area contributed by atoms with Gasteiger partial charge in [-0.3, -0.25) is 4.79 Å². The average Bonchev–Trinajstić information content (AvgIpc) is 2.85. The van der Waals surface area contributed by atoms with Crippen molar-refractivity contribution >= 4 is 5.91 Å². The Labute approximate surface area is 92.1 Å². The number of carbonyl (C=O) groups is 1. The summed E-state index contributed by atoms with van der Waals surface area (Å²) in [4.78, 5) is 11.9. The Kier molecular flexibility index (Phi) is 3.45. The van der Waals surface area contributed by atoms with Crippen LogP contribution in [0, 0.1) is 17.8 Å². The van der Waals surface area contributed by atoms with Crippen molar-refractivity contribution in [3.8, 4) is 0 Å². The van der Waals surface area contributed by atoms with Crippen LogP contribution in [0.2, 0.25) is 0 Å². The van der Waals surface area contributed by atoms with Crippen molar-refractivity contribution in [1.82, 2.24) is 5.32 Å². The minimum Gasteiger partial charge on any atom is -0.356 e. The van der Waals surface area contributed by atoms with Crippen molar-refractivity contribution in [3.63, 3.8) is 0 Å². The van der Waals surface area contributed by atoms with E-state index in [1.54, 1.807) is 0 Å². The van der Waals surface area contributed by atoms with Gasteiger partial charge in [0, 0.05) is 12.5 Å². The number of nitrogens with one attached hydrogen (secondary N) is 1. The molecule has 3 unspecified atom stereocenters. The molecule has 84 valence electrons. The summed E-state index contributed by atoms with van der Waals surface area (Å²) in [5, 5.41) is 3.05. The number of amides is 1. The van der Waals surface area contributed by atoms with Crippen LogP contribution in [0.3, 0.4) is 0 Å². The maximum absolute atomic E-state index is 11.9. The van der Waals surface area contributed by atoms with E-state index in [1.807, 2.05) is 13.0 Å². The van der Waals surface area contributed by atoms with Crippen molar-refractivity contribution in [2.45, 2.75) is 39.0 Å². The lowest BCUT2D eigenvalue weighted by Crippen LogP contribution is -2.34. The van der Waals surface area contributed by atoms with Crippen molar-refractivity contribution in [3.05, 3.63) is 12.2 Å². The monoisotopic (exact) mass is 207 g/mol. The number of rotatable bonds is 4. The zero-order valence-corrected chi connectivity index (χ0v) is 9.54. The highest BCUT2D eigenvalue weighted by Gasteiger charge is 2.42. The van der Waals surface area contributed by atoms with Crippen LogP contribution in [0.4, 0.5) is 0 Å². The van der Waals surface area contributed by atoms with Gasteiger partial charge in [0.25, 0.3) is 0 Å². The van der Waals surface area contributed by atoms with E-state index in [1.165, 1.54) is 19.3 Å². The summed E-state index contributed by atoms with van der Waals surface area (Å²) in [5.41, 5.74) is 0. The second kappa shape index (κ2) is 4.82. The summed E-state index contributed by atoms with van der Waals surface area (Å²) in [7, 11) is 0. The summed E-state index contributed by atoms with van der Waals surface area (Å²) in [5.74, 6) is 2.22. The van der Waals surface area contributed by atoms with E-state index >= 15 is 0 Å². The molecular formula is C13H21NO. The molecule has 1 N–H and O–H groups in total. The van der Waals surface area contributed by atoms with Crippen LogP contribution in [0.25, 0.3) is 0 Å². The fraction of sp³-hybridized carbons (Fsp3) is 0.769. The van der Waals surface area contributed by atoms with Crippen LogP contribution in [-0.4, -0.2) is 12.5 Å². The molecule has 2 nitrogen and oxygen atoms in total. The third-order valence-corrected chi connectivity index (χ3v) is 3.92. The molecule has 3 atom stereocenters. The van der Waals surface area contributed by atoms with E-state index in [0.717, 1.165) is 25.3 Å². The zero-order valence-electron chi connectivity index (χ0n) is 9.54. The molecule has 15 heavy (non-hydrogen) atoms. The third kappa shape index (κ3) is 2.42. The van der Waals surface area contributed by atoms with Crippen molar-refractivity contribution in [1.29, 1.82) is 0 Å². The molecule has 0 spiro atoms. The molecule has 0 heterocycles. The van der Waals surface area contributed by atoms with Gasteiger partial charge in [-0.15, -0.1) is 0 Å². The minimum absolute atomic E-state index is 0.312. The van der Waals surface area contributed by atoms with E-state index in [-0.39, 0.29) is 0 Å². The summed E-state index contributed by atoms with van der Waals surface area (Å²) in [6, 6.07) is 0.